The summed E-state index contributed by atoms with van der Waals surface area (Å²) in [4.78, 5) is 25.6. The Hall–Kier alpha value is -1.36. The Morgan fingerprint density at radius 1 is 1.25 bits per heavy atom. The Labute approximate surface area is 128 Å². The Morgan fingerprint density at radius 2 is 1.90 bits per heavy atom. The van der Waals surface area contributed by atoms with Crippen molar-refractivity contribution in [3.05, 3.63) is 33.8 Å². The highest BCUT2D eigenvalue weighted by Gasteiger charge is 2.12. The van der Waals surface area contributed by atoms with Crippen LogP contribution < -0.4 is 5.32 Å². The normalized spacial score (nSPS) is 10.2. The van der Waals surface area contributed by atoms with Crippen molar-refractivity contribution in [2.24, 2.45) is 0 Å². The summed E-state index contributed by atoms with van der Waals surface area (Å²) in [5.74, 6) is -0.0912. The van der Waals surface area contributed by atoms with E-state index in [1.807, 2.05) is 39.0 Å². The lowest BCUT2D eigenvalue weighted by molar-refractivity contribution is -0.130. The molecule has 0 radical (unpaired) electrons. The molecule has 0 aliphatic carbocycles. The van der Waals surface area contributed by atoms with Crippen LogP contribution in [0.4, 0.5) is 0 Å². The molecular weight excluding hydrogens is 320 g/mol. The summed E-state index contributed by atoms with van der Waals surface area (Å²) in [6, 6.07) is 5.61. The van der Waals surface area contributed by atoms with Crippen molar-refractivity contribution in [3.8, 4) is 0 Å². The molecule has 110 valence electrons. The van der Waals surface area contributed by atoms with Crippen LogP contribution in [0.15, 0.2) is 22.7 Å². The first-order chi connectivity index (χ1) is 9.49. The molecule has 1 aromatic rings. The maximum absolute atomic E-state index is 12.0. The van der Waals surface area contributed by atoms with Gasteiger partial charge >= 0.3 is 0 Å². The van der Waals surface area contributed by atoms with Crippen LogP contribution in [-0.4, -0.2) is 36.3 Å². The first kappa shape index (κ1) is 16.7. The average Bonchev–Trinajstić information content (AvgIpc) is 2.42. The number of nitrogens with zero attached hydrogens (tertiary/aromatic N) is 1. The smallest absolute Gasteiger partial charge is 0.252 e. The third-order valence-corrected chi connectivity index (χ3v) is 3.80. The highest BCUT2D eigenvalue weighted by Crippen LogP contribution is 2.17. The maximum Gasteiger partial charge on any atom is 0.252 e. The van der Waals surface area contributed by atoms with Gasteiger partial charge in [-0.05, 0) is 48.8 Å². The zero-order valence-corrected chi connectivity index (χ0v) is 13.8. The molecule has 20 heavy (non-hydrogen) atoms. The number of benzene rings is 1. The number of hydrogen-bond acceptors (Lipinski definition) is 2. The summed E-state index contributed by atoms with van der Waals surface area (Å²) >= 11 is 3.36. The van der Waals surface area contributed by atoms with E-state index in [1.165, 1.54) is 0 Å². The molecule has 1 rings (SSSR count). The Bertz CT molecular complexity index is 485. The number of nitrogens with one attached hydrogen (secondary N) is 1. The first-order valence-electron chi connectivity index (χ1n) is 6.81. The molecule has 0 aliphatic heterocycles. The molecule has 0 saturated carbocycles. The van der Waals surface area contributed by atoms with Crippen molar-refractivity contribution in [2.45, 2.75) is 27.2 Å². The third kappa shape index (κ3) is 4.63. The summed E-state index contributed by atoms with van der Waals surface area (Å²) in [5.41, 5.74) is 1.62. The molecule has 2 amide bonds. The molecule has 0 aliphatic rings. The minimum absolute atomic E-state index is 0.0682. The van der Waals surface area contributed by atoms with Crippen LogP contribution in [0.2, 0.25) is 0 Å². The Morgan fingerprint density at radius 3 is 2.50 bits per heavy atom. The number of carbonyl (C=O) groups is 2. The molecule has 1 N–H and O–H groups in total. The van der Waals surface area contributed by atoms with Crippen molar-refractivity contribution in [2.75, 3.05) is 19.6 Å². The predicted molar refractivity (Wildman–Crippen MR) is 83.8 cm³/mol. The van der Waals surface area contributed by atoms with E-state index >= 15 is 0 Å². The van der Waals surface area contributed by atoms with Gasteiger partial charge in [-0.25, -0.2) is 0 Å². The Kier molecular flexibility index (Phi) is 6.71. The summed E-state index contributed by atoms with van der Waals surface area (Å²) in [6.07, 6.45) is 0.330. The first-order valence-corrected chi connectivity index (χ1v) is 7.61. The zero-order chi connectivity index (χ0) is 15.1. The summed E-state index contributed by atoms with van der Waals surface area (Å²) < 4.78 is 0.760. The van der Waals surface area contributed by atoms with E-state index in [1.54, 1.807) is 4.90 Å². The molecule has 0 saturated heterocycles. The molecular formula is C15H21BrN2O2. The minimum Gasteiger partial charge on any atom is -0.351 e. The van der Waals surface area contributed by atoms with Crippen LogP contribution in [-0.2, 0) is 4.79 Å². The van der Waals surface area contributed by atoms with Gasteiger partial charge in [0.2, 0.25) is 5.91 Å². The van der Waals surface area contributed by atoms with E-state index in [2.05, 4.69) is 21.2 Å². The predicted octanol–water partition coefficient (Wildman–Crippen LogP) is 2.75. The van der Waals surface area contributed by atoms with Crippen molar-refractivity contribution in [3.63, 3.8) is 0 Å². The monoisotopic (exact) mass is 340 g/mol. The van der Waals surface area contributed by atoms with Crippen molar-refractivity contribution >= 4 is 27.7 Å². The molecule has 0 unspecified atom stereocenters. The van der Waals surface area contributed by atoms with E-state index in [4.69, 9.17) is 0 Å². The molecule has 0 bridgehead atoms. The largest absolute Gasteiger partial charge is 0.351 e. The van der Waals surface area contributed by atoms with Crippen LogP contribution in [0.5, 0.6) is 0 Å². The van der Waals surface area contributed by atoms with E-state index < -0.39 is 0 Å². The van der Waals surface area contributed by atoms with Crippen LogP contribution in [0, 0.1) is 6.92 Å². The van der Waals surface area contributed by atoms with Crippen molar-refractivity contribution in [1.29, 1.82) is 0 Å². The van der Waals surface area contributed by atoms with Crippen molar-refractivity contribution in [1.82, 2.24) is 10.2 Å². The van der Waals surface area contributed by atoms with Gasteiger partial charge in [-0.15, -0.1) is 0 Å². The van der Waals surface area contributed by atoms with E-state index in [0.717, 1.165) is 10.0 Å². The summed E-state index contributed by atoms with van der Waals surface area (Å²) in [6.45, 7) is 7.59. The molecule has 1 aromatic carbocycles. The average molecular weight is 341 g/mol. The fraction of sp³-hybridized carbons (Fsp3) is 0.467. The van der Waals surface area contributed by atoms with Gasteiger partial charge in [-0.2, -0.15) is 0 Å². The van der Waals surface area contributed by atoms with Crippen molar-refractivity contribution < 1.29 is 9.59 Å². The number of amides is 2. The lowest BCUT2D eigenvalue weighted by atomic mass is 10.1. The molecule has 0 spiro atoms. The molecule has 0 atom stereocenters. The van der Waals surface area contributed by atoms with E-state index in [-0.39, 0.29) is 11.8 Å². The van der Waals surface area contributed by atoms with Gasteiger partial charge in [0.15, 0.2) is 0 Å². The van der Waals surface area contributed by atoms with Crippen LogP contribution in [0.25, 0.3) is 0 Å². The minimum atomic E-state index is -0.159. The van der Waals surface area contributed by atoms with E-state index in [9.17, 15) is 9.59 Å². The molecule has 0 fully saturated rings. The number of hydrogen-bond donors (Lipinski definition) is 1. The van der Waals surface area contributed by atoms with Gasteiger partial charge in [0.25, 0.3) is 5.91 Å². The molecule has 5 heteroatoms. The van der Waals surface area contributed by atoms with Crippen LogP contribution in [0.3, 0.4) is 0 Å². The highest BCUT2D eigenvalue weighted by molar-refractivity contribution is 9.10. The maximum atomic E-state index is 12.0. The van der Waals surface area contributed by atoms with Gasteiger partial charge in [-0.1, -0.05) is 11.6 Å². The van der Waals surface area contributed by atoms with Gasteiger partial charge in [0, 0.05) is 30.5 Å². The van der Waals surface area contributed by atoms with Gasteiger partial charge in [0.05, 0.1) is 5.56 Å². The SMILES string of the molecule is CCN(CC)C(=O)CCNC(=O)c1cc(C)ccc1Br. The second kappa shape index (κ2) is 8.04. The zero-order valence-electron chi connectivity index (χ0n) is 12.2. The molecule has 0 heterocycles. The van der Waals surface area contributed by atoms with Gasteiger partial charge in [0.1, 0.15) is 0 Å². The quantitative estimate of drug-likeness (QED) is 0.865. The van der Waals surface area contributed by atoms with Gasteiger partial charge in [-0.3, -0.25) is 9.59 Å². The second-order valence-corrected chi connectivity index (χ2v) is 5.41. The Balaban J connectivity index is 2.52. The topological polar surface area (TPSA) is 49.4 Å². The van der Waals surface area contributed by atoms with E-state index in [0.29, 0.717) is 31.6 Å². The lowest BCUT2D eigenvalue weighted by Gasteiger charge is -2.18. The highest BCUT2D eigenvalue weighted by atomic mass is 79.9. The number of aryl methyl sites for hydroxylation is 1. The molecule has 0 aromatic heterocycles. The van der Waals surface area contributed by atoms with Crippen LogP contribution >= 0.6 is 15.9 Å². The number of carbonyl (C=O) groups excluding carboxylic acids is 2. The third-order valence-electron chi connectivity index (χ3n) is 3.11. The fourth-order valence-electron chi connectivity index (χ4n) is 1.93. The van der Waals surface area contributed by atoms with Crippen LogP contribution in [0.1, 0.15) is 36.2 Å². The fourth-order valence-corrected chi connectivity index (χ4v) is 2.35. The summed E-state index contributed by atoms with van der Waals surface area (Å²) in [5, 5.41) is 2.78. The summed E-state index contributed by atoms with van der Waals surface area (Å²) in [7, 11) is 0. The molecule has 4 nitrogen and oxygen atoms in total. The lowest BCUT2D eigenvalue weighted by Crippen LogP contribution is -2.34. The number of rotatable bonds is 6. The standard InChI is InChI=1S/C15H21BrN2O2/c1-4-18(5-2)14(19)8-9-17-15(20)12-10-11(3)6-7-13(12)16/h6-7,10H,4-5,8-9H2,1-3H3,(H,17,20). The number of halogens is 1. The second-order valence-electron chi connectivity index (χ2n) is 4.56. The van der Waals surface area contributed by atoms with Gasteiger partial charge < -0.3 is 10.2 Å².